The van der Waals surface area contributed by atoms with Crippen LogP contribution in [0.5, 0.6) is 0 Å². The fraction of sp³-hybridized carbons (Fsp3) is 1.00. The highest BCUT2D eigenvalue weighted by Gasteiger charge is 2.43. The van der Waals surface area contributed by atoms with E-state index in [2.05, 4.69) is 0 Å². The van der Waals surface area contributed by atoms with Gasteiger partial charge in [0.1, 0.15) is 0 Å². The normalized spacial score (nSPS) is 20.2. The Bertz CT molecular complexity index is 66.3. The molecule has 0 aliphatic rings. The number of alkyl halides is 5. The molecule has 0 rings (SSSR count). The predicted molar refractivity (Wildman–Crippen MR) is 35.7 cm³/mol. The molecular weight excluding hydrogens is 197 g/mol. The summed E-state index contributed by atoms with van der Waals surface area (Å²) in [6.07, 6.45) is 0. The van der Waals surface area contributed by atoms with Gasteiger partial charge in [-0.1, -0.05) is 46.4 Å². The van der Waals surface area contributed by atoms with Crippen LogP contribution in [0.15, 0.2) is 0 Å². The zero-order valence-electron chi connectivity index (χ0n) is 3.89. The summed E-state index contributed by atoms with van der Waals surface area (Å²) in [6, 6.07) is 0. The van der Waals surface area contributed by atoms with Crippen LogP contribution in [0, 0.1) is 0 Å². The van der Waals surface area contributed by atoms with Gasteiger partial charge in [0, 0.05) is 0 Å². The highest BCUT2D eigenvalue weighted by Crippen LogP contribution is 2.43. The summed E-state index contributed by atoms with van der Waals surface area (Å²) in [7, 11) is 0. The van der Waals surface area contributed by atoms with Crippen molar-refractivity contribution in [3.8, 4) is 0 Å². The van der Waals surface area contributed by atoms with Crippen molar-refractivity contribution in [1.82, 2.24) is 0 Å². The molecule has 5 heteroatoms. The standard InChI is InChI=1S/C3H3Cl4F/c1-2(4,8)3(5,6)7/h1H3/t2-/m1/s1. The van der Waals surface area contributed by atoms with E-state index in [1.165, 1.54) is 0 Å². The van der Waals surface area contributed by atoms with Gasteiger partial charge in [-0.2, -0.15) is 0 Å². The molecule has 8 heavy (non-hydrogen) atoms. The molecule has 0 saturated heterocycles. The zero-order valence-corrected chi connectivity index (χ0v) is 6.91. The van der Waals surface area contributed by atoms with E-state index in [9.17, 15) is 4.39 Å². The second-order valence-corrected chi connectivity index (χ2v) is 4.38. The van der Waals surface area contributed by atoms with E-state index in [0.29, 0.717) is 0 Å². The van der Waals surface area contributed by atoms with Gasteiger partial charge < -0.3 is 0 Å². The minimum atomic E-state index is -2.29. The molecule has 0 radical (unpaired) electrons. The van der Waals surface area contributed by atoms with E-state index < -0.39 is 8.92 Å². The average Bonchev–Trinajstić information content (AvgIpc) is 1.25. The second-order valence-electron chi connectivity index (χ2n) is 1.39. The molecule has 0 bridgehead atoms. The Labute approximate surface area is 66.8 Å². The third kappa shape index (κ3) is 2.58. The van der Waals surface area contributed by atoms with Crippen molar-refractivity contribution in [2.75, 3.05) is 0 Å². The van der Waals surface area contributed by atoms with Gasteiger partial charge in [0.15, 0.2) is 0 Å². The van der Waals surface area contributed by atoms with Crippen LogP contribution in [-0.2, 0) is 0 Å². The maximum Gasteiger partial charge on any atom is 0.237 e. The SMILES string of the molecule is C[C@](F)(Cl)C(Cl)(Cl)Cl. The molecule has 0 aromatic rings. The minimum absolute atomic E-state index is 0.974. The topological polar surface area (TPSA) is 0 Å². The van der Waals surface area contributed by atoms with Crippen LogP contribution in [0.1, 0.15) is 6.92 Å². The Balaban J connectivity index is 4.02. The van der Waals surface area contributed by atoms with Crippen molar-refractivity contribution >= 4 is 46.4 Å². The number of rotatable bonds is 0. The summed E-state index contributed by atoms with van der Waals surface area (Å²) in [5.41, 5.74) is 0. The van der Waals surface area contributed by atoms with E-state index >= 15 is 0 Å². The first-order valence-electron chi connectivity index (χ1n) is 1.69. The van der Waals surface area contributed by atoms with Crippen LogP contribution >= 0.6 is 46.4 Å². The Morgan fingerprint density at radius 1 is 1.12 bits per heavy atom. The van der Waals surface area contributed by atoms with Crippen molar-refractivity contribution in [2.24, 2.45) is 0 Å². The molecule has 0 spiro atoms. The fourth-order valence-corrected chi connectivity index (χ4v) is 0. The Kier molecular flexibility index (Phi) is 2.70. The van der Waals surface area contributed by atoms with Gasteiger partial charge in [-0.25, -0.2) is 4.39 Å². The predicted octanol–water partition coefficient (Wildman–Crippen LogP) is 3.28. The van der Waals surface area contributed by atoms with E-state index in [1.54, 1.807) is 0 Å². The van der Waals surface area contributed by atoms with Crippen LogP contribution in [0.25, 0.3) is 0 Å². The van der Waals surface area contributed by atoms with Crippen molar-refractivity contribution in [3.63, 3.8) is 0 Å². The van der Waals surface area contributed by atoms with Gasteiger partial charge in [0.05, 0.1) is 0 Å². The third-order valence-electron chi connectivity index (χ3n) is 0.498. The molecule has 0 aliphatic carbocycles. The van der Waals surface area contributed by atoms with Crippen LogP contribution in [0.3, 0.4) is 0 Å². The second kappa shape index (κ2) is 2.37. The van der Waals surface area contributed by atoms with Crippen molar-refractivity contribution < 1.29 is 4.39 Å². The van der Waals surface area contributed by atoms with E-state index in [1.807, 2.05) is 0 Å². The first-order valence-corrected chi connectivity index (χ1v) is 3.21. The lowest BCUT2D eigenvalue weighted by Crippen LogP contribution is -2.27. The summed E-state index contributed by atoms with van der Waals surface area (Å²) in [4.78, 5) is 0. The number of hydrogen-bond acceptors (Lipinski definition) is 0. The van der Waals surface area contributed by atoms with Gasteiger partial charge in [-0.3, -0.25) is 0 Å². The molecule has 0 aromatic heterocycles. The van der Waals surface area contributed by atoms with Gasteiger partial charge >= 0.3 is 0 Å². The number of hydrogen-bond donors (Lipinski definition) is 0. The lowest BCUT2D eigenvalue weighted by molar-refractivity contribution is 0.311. The van der Waals surface area contributed by atoms with E-state index in [4.69, 9.17) is 46.4 Å². The van der Waals surface area contributed by atoms with Crippen molar-refractivity contribution in [2.45, 2.75) is 15.8 Å². The number of halogens is 5. The fourth-order valence-electron chi connectivity index (χ4n) is 0. The highest BCUT2D eigenvalue weighted by atomic mass is 35.6. The Hall–Kier alpha value is 1.09. The van der Waals surface area contributed by atoms with Gasteiger partial charge in [-0.05, 0) is 6.92 Å². The van der Waals surface area contributed by atoms with Gasteiger partial charge in [-0.15, -0.1) is 0 Å². The third-order valence-corrected chi connectivity index (χ3v) is 2.14. The smallest absolute Gasteiger partial charge is 0.222 e. The first kappa shape index (κ1) is 9.09. The lowest BCUT2D eigenvalue weighted by Gasteiger charge is -2.19. The molecule has 0 heterocycles. The van der Waals surface area contributed by atoms with Crippen LogP contribution in [-0.4, -0.2) is 8.92 Å². The largest absolute Gasteiger partial charge is 0.237 e. The summed E-state index contributed by atoms with van der Waals surface area (Å²) < 4.78 is 10.2. The van der Waals surface area contributed by atoms with E-state index in [-0.39, 0.29) is 0 Å². The summed E-state index contributed by atoms with van der Waals surface area (Å²) in [6.45, 7) is 0.974. The molecule has 0 aromatic carbocycles. The van der Waals surface area contributed by atoms with Gasteiger partial charge in [0.25, 0.3) is 0 Å². The maximum atomic E-state index is 12.3. The van der Waals surface area contributed by atoms with E-state index in [0.717, 1.165) is 6.92 Å². The lowest BCUT2D eigenvalue weighted by atomic mass is 10.5. The van der Waals surface area contributed by atoms with Crippen molar-refractivity contribution in [1.29, 1.82) is 0 Å². The molecule has 1 atom stereocenters. The molecule has 0 unspecified atom stereocenters. The molecule has 0 N–H and O–H groups in total. The zero-order chi connectivity index (χ0) is 7.00. The van der Waals surface area contributed by atoms with Gasteiger partial charge in [0.2, 0.25) is 8.92 Å². The molecular formula is C3H3Cl4F. The highest BCUT2D eigenvalue weighted by molar-refractivity contribution is 6.70. The minimum Gasteiger partial charge on any atom is -0.222 e. The summed E-state index contributed by atoms with van der Waals surface area (Å²) >= 11 is 20.0. The van der Waals surface area contributed by atoms with Crippen molar-refractivity contribution in [3.05, 3.63) is 0 Å². The monoisotopic (exact) mass is 198 g/mol. The first-order chi connectivity index (χ1) is 3.25. The summed E-state index contributed by atoms with van der Waals surface area (Å²) in [5, 5.41) is -2.29. The molecule has 0 amide bonds. The Morgan fingerprint density at radius 3 is 1.25 bits per heavy atom. The quantitative estimate of drug-likeness (QED) is 0.526. The molecule has 0 nitrogen and oxygen atoms in total. The van der Waals surface area contributed by atoms with Crippen LogP contribution in [0.4, 0.5) is 4.39 Å². The maximum absolute atomic E-state index is 12.3. The molecule has 0 saturated carbocycles. The molecule has 0 fully saturated rings. The molecule has 0 aliphatic heterocycles. The van der Waals surface area contributed by atoms with Crippen LogP contribution < -0.4 is 0 Å². The molecule has 50 valence electrons. The average molecular weight is 200 g/mol. The summed E-state index contributed by atoms with van der Waals surface area (Å²) in [5.74, 6) is 0. The van der Waals surface area contributed by atoms with Crippen LogP contribution in [0.2, 0.25) is 0 Å². The Morgan fingerprint density at radius 2 is 1.25 bits per heavy atom.